The number of aryl methyl sites for hydroxylation is 3. The molecule has 0 spiro atoms. The minimum atomic E-state index is -0.356. The molecule has 0 unspecified atom stereocenters. The maximum atomic E-state index is 13.1. The van der Waals surface area contributed by atoms with Crippen LogP contribution in [-0.4, -0.2) is 23.1 Å². The molecule has 0 amide bonds. The van der Waals surface area contributed by atoms with Gasteiger partial charge in [-0.2, -0.15) is 4.98 Å². The van der Waals surface area contributed by atoms with Crippen molar-refractivity contribution in [1.82, 2.24) is 23.1 Å². The summed E-state index contributed by atoms with van der Waals surface area (Å²) in [5.74, 6) is 0.698. The van der Waals surface area contributed by atoms with Crippen molar-refractivity contribution in [2.45, 2.75) is 33.4 Å². The highest BCUT2D eigenvalue weighted by molar-refractivity contribution is 5.75. The summed E-state index contributed by atoms with van der Waals surface area (Å²) in [5.41, 5.74) is 2.14. The lowest BCUT2D eigenvalue weighted by Crippen LogP contribution is -2.39. The molecule has 4 rings (SSSR count). The molecule has 0 aliphatic rings. The molecule has 3 aromatic heterocycles. The maximum absolute atomic E-state index is 13.1. The van der Waals surface area contributed by atoms with Crippen LogP contribution in [0, 0.1) is 6.92 Å². The van der Waals surface area contributed by atoms with Gasteiger partial charge in [-0.05, 0) is 18.9 Å². The van der Waals surface area contributed by atoms with Crippen LogP contribution in [0.2, 0.25) is 0 Å². The summed E-state index contributed by atoms with van der Waals surface area (Å²) in [4.78, 5) is 30.5. The summed E-state index contributed by atoms with van der Waals surface area (Å²) in [6, 6.07) is 9.52. The second kappa shape index (κ2) is 6.01. The number of aromatic nitrogens is 5. The second-order valence-electron chi connectivity index (χ2n) is 6.59. The van der Waals surface area contributed by atoms with E-state index in [1.165, 1.54) is 9.13 Å². The molecule has 0 aliphatic heterocycles. The Hall–Kier alpha value is -3.09. The topological polar surface area (TPSA) is 66.2 Å². The van der Waals surface area contributed by atoms with Gasteiger partial charge >= 0.3 is 5.69 Å². The van der Waals surface area contributed by atoms with Gasteiger partial charge < -0.3 is 4.57 Å². The standard InChI is InChI=1S/C19H21N5O2/c1-4-10-22-13(2)11-23-15-16(20-18(22)23)21(3)19(26)24(17(15)25)12-14-8-6-5-7-9-14/h5-9,11H,4,10,12H2,1-3H3. The van der Waals surface area contributed by atoms with Crippen LogP contribution in [0.1, 0.15) is 24.6 Å². The van der Waals surface area contributed by atoms with Gasteiger partial charge in [0.2, 0.25) is 5.78 Å². The lowest BCUT2D eigenvalue weighted by Gasteiger charge is -2.08. The highest BCUT2D eigenvalue weighted by atomic mass is 16.2. The summed E-state index contributed by atoms with van der Waals surface area (Å²) in [7, 11) is 1.66. The Bertz CT molecular complexity index is 1220. The number of nitrogens with zero attached hydrogens (tertiary/aromatic N) is 5. The fourth-order valence-electron chi connectivity index (χ4n) is 3.46. The molecule has 1 aromatic carbocycles. The van der Waals surface area contributed by atoms with Crippen molar-refractivity contribution in [2.75, 3.05) is 0 Å². The molecule has 134 valence electrons. The Morgan fingerprint density at radius 3 is 2.50 bits per heavy atom. The zero-order valence-electron chi connectivity index (χ0n) is 15.1. The van der Waals surface area contributed by atoms with Crippen LogP contribution in [-0.2, 0) is 20.1 Å². The van der Waals surface area contributed by atoms with E-state index in [2.05, 4.69) is 16.5 Å². The Morgan fingerprint density at radius 1 is 1.08 bits per heavy atom. The van der Waals surface area contributed by atoms with Gasteiger partial charge in [-0.1, -0.05) is 37.3 Å². The molecule has 26 heavy (non-hydrogen) atoms. The molecule has 0 N–H and O–H groups in total. The fourth-order valence-corrected chi connectivity index (χ4v) is 3.46. The summed E-state index contributed by atoms with van der Waals surface area (Å²) < 4.78 is 6.62. The predicted octanol–water partition coefficient (Wildman–Crippen LogP) is 1.92. The molecule has 0 bridgehead atoms. The third kappa shape index (κ3) is 2.31. The van der Waals surface area contributed by atoms with Crippen LogP contribution in [0.5, 0.6) is 0 Å². The van der Waals surface area contributed by atoms with Crippen LogP contribution in [0.25, 0.3) is 16.9 Å². The van der Waals surface area contributed by atoms with Crippen molar-refractivity contribution < 1.29 is 0 Å². The first kappa shape index (κ1) is 16.4. The Kier molecular flexibility index (Phi) is 3.79. The Balaban J connectivity index is 2.03. The molecule has 4 aromatic rings. The van der Waals surface area contributed by atoms with Crippen LogP contribution in [0.15, 0.2) is 46.1 Å². The lowest BCUT2D eigenvalue weighted by molar-refractivity contribution is 0.656. The van der Waals surface area contributed by atoms with Crippen LogP contribution >= 0.6 is 0 Å². The van der Waals surface area contributed by atoms with Crippen LogP contribution in [0.4, 0.5) is 0 Å². The summed E-state index contributed by atoms with van der Waals surface area (Å²) >= 11 is 0. The second-order valence-corrected chi connectivity index (χ2v) is 6.59. The van der Waals surface area contributed by atoms with Crippen molar-refractivity contribution in [3.05, 3.63) is 68.6 Å². The first-order valence-corrected chi connectivity index (χ1v) is 8.74. The molecule has 7 heteroatoms. The van der Waals surface area contributed by atoms with E-state index in [-0.39, 0.29) is 17.8 Å². The van der Waals surface area contributed by atoms with Gasteiger partial charge in [-0.25, -0.2) is 4.79 Å². The summed E-state index contributed by atoms with van der Waals surface area (Å²) in [6.45, 7) is 5.16. The zero-order valence-corrected chi connectivity index (χ0v) is 15.1. The monoisotopic (exact) mass is 351 g/mol. The minimum absolute atomic E-state index is 0.240. The van der Waals surface area contributed by atoms with E-state index in [4.69, 9.17) is 0 Å². The van der Waals surface area contributed by atoms with Gasteiger partial charge in [0.25, 0.3) is 5.56 Å². The van der Waals surface area contributed by atoms with Gasteiger partial charge in [0.05, 0.1) is 6.54 Å². The first-order chi connectivity index (χ1) is 12.5. The fraction of sp³-hybridized carbons (Fsp3) is 0.316. The third-order valence-electron chi connectivity index (χ3n) is 4.77. The summed E-state index contributed by atoms with van der Waals surface area (Å²) in [5, 5.41) is 0. The van der Waals surface area contributed by atoms with Crippen molar-refractivity contribution >= 4 is 16.9 Å². The Labute approximate surface area is 149 Å². The normalized spacial score (nSPS) is 11.7. The van der Waals surface area contributed by atoms with E-state index in [1.54, 1.807) is 7.05 Å². The molecule has 0 fully saturated rings. The number of rotatable bonds is 4. The van der Waals surface area contributed by atoms with Gasteiger partial charge in [0.1, 0.15) is 0 Å². The highest BCUT2D eigenvalue weighted by Crippen LogP contribution is 2.16. The van der Waals surface area contributed by atoms with E-state index < -0.39 is 0 Å². The average Bonchev–Trinajstić information content (AvgIpc) is 3.14. The molecule has 0 saturated carbocycles. The highest BCUT2D eigenvalue weighted by Gasteiger charge is 2.19. The number of imidazole rings is 2. The molecule has 0 atom stereocenters. The molecule has 0 radical (unpaired) electrons. The van der Waals surface area contributed by atoms with E-state index >= 15 is 0 Å². The predicted molar refractivity (Wildman–Crippen MR) is 101 cm³/mol. The molecule has 7 nitrogen and oxygen atoms in total. The number of fused-ring (bicyclic) bond motifs is 3. The minimum Gasteiger partial charge on any atom is -0.314 e. The summed E-state index contributed by atoms with van der Waals surface area (Å²) in [6.07, 6.45) is 2.88. The lowest BCUT2D eigenvalue weighted by atomic mass is 10.2. The molecular formula is C19H21N5O2. The Morgan fingerprint density at radius 2 is 1.81 bits per heavy atom. The molecule has 0 aliphatic carbocycles. The smallest absolute Gasteiger partial charge is 0.314 e. The van der Waals surface area contributed by atoms with E-state index in [0.29, 0.717) is 16.9 Å². The van der Waals surface area contributed by atoms with Crippen molar-refractivity contribution in [3.8, 4) is 0 Å². The number of hydrogen-bond donors (Lipinski definition) is 0. The average molecular weight is 351 g/mol. The van der Waals surface area contributed by atoms with E-state index in [1.807, 2.05) is 47.9 Å². The van der Waals surface area contributed by atoms with Gasteiger partial charge in [-0.15, -0.1) is 0 Å². The first-order valence-electron chi connectivity index (χ1n) is 8.74. The molecular weight excluding hydrogens is 330 g/mol. The van der Waals surface area contributed by atoms with Gasteiger partial charge in [0, 0.05) is 25.5 Å². The molecule has 0 saturated heterocycles. The van der Waals surface area contributed by atoms with Crippen LogP contribution in [0.3, 0.4) is 0 Å². The number of hydrogen-bond acceptors (Lipinski definition) is 3. The van der Waals surface area contributed by atoms with Crippen LogP contribution < -0.4 is 11.2 Å². The molecule has 3 heterocycles. The largest absolute Gasteiger partial charge is 0.332 e. The van der Waals surface area contributed by atoms with Gasteiger partial charge in [-0.3, -0.25) is 18.3 Å². The quantitative estimate of drug-likeness (QED) is 0.564. The van der Waals surface area contributed by atoms with E-state index in [0.717, 1.165) is 24.2 Å². The van der Waals surface area contributed by atoms with Crippen molar-refractivity contribution in [1.29, 1.82) is 0 Å². The third-order valence-corrected chi connectivity index (χ3v) is 4.77. The van der Waals surface area contributed by atoms with E-state index in [9.17, 15) is 9.59 Å². The van der Waals surface area contributed by atoms with Crippen molar-refractivity contribution in [3.63, 3.8) is 0 Å². The zero-order chi connectivity index (χ0) is 18.4. The van der Waals surface area contributed by atoms with Crippen molar-refractivity contribution in [2.24, 2.45) is 7.05 Å². The van der Waals surface area contributed by atoms with Gasteiger partial charge in [0.15, 0.2) is 11.2 Å². The SMILES string of the molecule is CCCn1c(C)cn2c3c(=O)n(Cc4ccccc4)c(=O)n(C)c3nc12. The number of benzene rings is 1. The maximum Gasteiger partial charge on any atom is 0.332 e.